The van der Waals surface area contributed by atoms with Crippen LogP contribution in [0.4, 0.5) is 5.82 Å². The molecule has 3 N–H and O–H groups in total. The number of benzene rings is 2. The van der Waals surface area contributed by atoms with Gasteiger partial charge in [-0.1, -0.05) is 42.5 Å². The van der Waals surface area contributed by atoms with Crippen LogP contribution in [0.5, 0.6) is 0 Å². The molecule has 0 saturated carbocycles. The van der Waals surface area contributed by atoms with Gasteiger partial charge in [-0.3, -0.25) is 28.4 Å². The number of aromatic nitrogens is 2. The average molecular weight is 464 g/mol. The van der Waals surface area contributed by atoms with Crippen LogP contribution in [0.25, 0.3) is 0 Å². The third-order valence-electron chi connectivity index (χ3n) is 5.56. The fourth-order valence-corrected chi connectivity index (χ4v) is 3.77. The lowest BCUT2D eigenvalue weighted by Gasteiger charge is -2.19. The van der Waals surface area contributed by atoms with Crippen molar-refractivity contribution in [2.75, 3.05) is 26.4 Å². The van der Waals surface area contributed by atoms with Crippen LogP contribution in [-0.4, -0.2) is 46.4 Å². The highest BCUT2D eigenvalue weighted by Crippen LogP contribution is 2.12. The molecule has 1 heterocycles. The number of anilines is 1. The van der Waals surface area contributed by atoms with E-state index in [1.54, 1.807) is 38.1 Å². The maximum Gasteiger partial charge on any atom is 0.332 e. The lowest BCUT2D eigenvalue weighted by molar-refractivity contribution is 0.0939. The Morgan fingerprint density at radius 2 is 1.62 bits per heavy atom. The number of nitrogen functional groups attached to an aromatic ring is 1. The summed E-state index contributed by atoms with van der Waals surface area (Å²) in [6, 6.07) is 16.3. The second-order valence-corrected chi connectivity index (χ2v) is 8.04. The van der Waals surface area contributed by atoms with Gasteiger partial charge in [0.25, 0.3) is 11.5 Å². The van der Waals surface area contributed by atoms with Crippen LogP contribution in [0, 0.1) is 0 Å². The quantitative estimate of drug-likeness (QED) is 0.462. The van der Waals surface area contributed by atoms with Gasteiger partial charge in [-0.05, 0) is 37.2 Å². The van der Waals surface area contributed by atoms with Crippen LogP contribution < -0.4 is 22.3 Å². The van der Waals surface area contributed by atoms with Crippen LogP contribution in [0.2, 0.25) is 0 Å². The molecule has 1 aromatic heterocycles. The van der Waals surface area contributed by atoms with Gasteiger partial charge in [-0.2, -0.15) is 0 Å². The minimum Gasteiger partial charge on any atom is -0.384 e. The van der Waals surface area contributed by atoms with Crippen LogP contribution >= 0.6 is 0 Å². The molecule has 3 aromatic rings. The Morgan fingerprint density at radius 3 is 2.21 bits per heavy atom. The Balaban J connectivity index is 1.86. The molecule has 0 atom stereocenters. The molecule has 0 saturated heterocycles. The van der Waals surface area contributed by atoms with Gasteiger partial charge < -0.3 is 11.1 Å². The van der Waals surface area contributed by atoms with E-state index in [4.69, 9.17) is 5.73 Å². The molecule has 0 spiro atoms. The monoisotopic (exact) mass is 463 g/mol. The molecule has 178 valence electrons. The van der Waals surface area contributed by atoms with Crippen molar-refractivity contribution in [1.29, 1.82) is 0 Å². The number of hydrogen-bond donors (Lipinski definition) is 2. The van der Waals surface area contributed by atoms with Gasteiger partial charge in [0.1, 0.15) is 11.4 Å². The molecule has 0 aliphatic rings. The number of nitrogens with two attached hydrogens (primary N) is 1. The minimum atomic E-state index is -0.678. The zero-order valence-electron chi connectivity index (χ0n) is 19.6. The van der Waals surface area contributed by atoms with E-state index in [1.165, 1.54) is 4.57 Å². The topological polar surface area (TPSA) is 119 Å². The fourth-order valence-electron chi connectivity index (χ4n) is 3.77. The molecular weight excluding hydrogens is 434 g/mol. The molecule has 0 fully saturated rings. The predicted octanol–water partition coefficient (Wildman–Crippen LogP) is 1.33. The largest absolute Gasteiger partial charge is 0.384 e. The summed E-state index contributed by atoms with van der Waals surface area (Å²) in [6.07, 6.45) is 0. The summed E-state index contributed by atoms with van der Waals surface area (Å²) in [5, 5.41) is 2.57. The predicted molar refractivity (Wildman–Crippen MR) is 131 cm³/mol. The molecular formula is C25H29N5O4. The second kappa shape index (κ2) is 10.8. The molecule has 3 rings (SSSR count). The lowest BCUT2D eigenvalue weighted by atomic mass is 10.1. The van der Waals surface area contributed by atoms with Crippen molar-refractivity contribution >= 4 is 17.5 Å². The second-order valence-electron chi connectivity index (χ2n) is 8.04. The number of carbonyl (C=O) groups is 2. The van der Waals surface area contributed by atoms with Crippen LogP contribution in [0.1, 0.15) is 38.8 Å². The number of hydrogen-bond acceptors (Lipinski definition) is 6. The SMILES string of the molecule is CCn1c(=O)c(C(=O)CN(C)Cc2ccc(C(=O)NC)cc2)c(N)n(Cc2ccccc2)c1=O. The molecule has 9 heteroatoms. The molecule has 0 aliphatic carbocycles. The molecule has 2 aromatic carbocycles. The summed E-state index contributed by atoms with van der Waals surface area (Å²) < 4.78 is 2.30. The van der Waals surface area contributed by atoms with E-state index in [2.05, 4.69) is 5.32 Å². The smallest absolute Gasteiger partial charge is 0.332 e. The molecule has 0 aliphatic heterocycles. The van der Waals surface area contributed by atoms with Crippen molar-refractivity contribution in [3.8, 4) is 0 Å². The number of Topliss-reactive ketones (excluding diaryl/α,β-unsaturated/α-hetero) is 1. The number of ketones is 1. The van der Waals surface area contributed by atoms with Gasteiger partial charge in [0.15, 0.2) is 5.78 Å². The number of nitrogens with zero attached hydrogens (tertiary/aromatic N) is 3. The normalized spacial score (nSPS) is 10.9. The van der Waals surface area contributed by atoms with Crippen molar-refractivity contribution in [2.24, 2.45) is 0 Å². The minimum absolute atomic E-state index is 0.0656. The van der Waals surface area contributed by atoms with Gasteiger partial charge in [0.05, 0.1) is 13.1 Å². The third-order valence-corrected chi connectivity index (χ3v) is 5.56. The standard InChI is InChI=1S/C25H29N5O4/c1-4-29-24(33)21(22(26)30(25(29)34)15-17-8-6-5-7-9-17)20(31)16-28(3)14-18-10-12-19(13-11-18)23(32)27-2/h5-13H,4,14-16,26H2,1-3H3,(H,27,32). The van der Waals surface area contributed by atoms with Crippen LogP contribution in [0.3, 0.4) is 0 Å². The zero-order valence-corrected chi connectivity index (χ0v) is 19.6. The first-order valence-electron chi connectivity index (χ1n) is 11.0. The Hall–Kier alpha value is -3.98. The number of nitrogens with one attached hydrogen (secondary N) is 1. The van der Waals surface area contributed by atoms with Crippen molar-refractivity contribution < 1.29 is 9.59 Å². The molecule has 0 unspecified atom stereocenters. The summed E-state index contributed by atoms with van der Waals surface area (Å²) in [7, 11) is 3.32. The van der Waals surface area contributed by atoms with Crippen LogP contribution in [-0.2, 0) is 19.6 Å². The molecule has 9 nitrogen and oxygen atoms in total. The fraction of sp³-hybridized carbons (Fsp3) is 0.280. The Morgan fingerprint density at radius 1 is 0.971 bits per heavy atom. The van der Waals surface area contributed by atoms with Gasteiger partial charge in [-0.25, -0.2) is 4.79 Å². The molecule has 0 bridgehead atoms. The van der Waals surface area contributed by atoms with Crippen molar-refractivity contribution in [1.82, 2.24) is 19.4 Å². The van der Waals surface area contributed by atoms with Gasteiger partial charge in [0.2, 0.25) is 0 Å². The highest BCUT2D eigenvalue weighted by molar-refractivity contribution is 6.01. The van der Waals surface area contributed by atoms with E-state index in [0.29, 0.717) is 12.1 Å². The first-order valence-corrected chi connectivity index (χ1v) is 11.0. The third kappa shape index (κ3) is 5.32. The van der Waals surface area contributed by atoms with E-state index in [1.807, 2.05) is 42.5 Å². The highest BCUT2D eigenvalue weighted by Gasteiger charge is 2.23. The van der Waals surface area contributed by atoms with E-state index >= 15 is 0 Å². The molecule has 0 radical (unpaired) electrons. The van der Waals surface area contributed by atoms with Crippen LogP contribution in [0.15, 0.2) is 64.2 Å². The zero-order chi connectivity index (χ0) is 24.8. The van der Waals surface area contributed by atoms with Crippen molar-refractivity contribution in [3.05, 3.63) is 97.7 Å². The van der Waals surface area contributed by atoms with E-state index in [-0.39, 0.29) is 36.9 Å². The molecule has 34 heavy (non-hydrogen) atoms. The van der Waals surface area contributed by atoms with Gasteiger partial charge >= 0.3 is 5.69 Å². The van der Waals surface area contributed by atoms with E-state index in [0.717, 1.165) is 15.7 Å². The Bertz CT molecular complexity index is 1290. The van der Waals surface area contributed by atoms with Gasteiger partial charge in [0, 0.05) is 25.7 Å². The summed E-state index contributed by atoms with van der Waals surface area (Å²) in [4.78, 5) is 52.4. The Labute approximate surface area is 197 Å². The highest BCUT2D eigenvalue weighted by atomic mass is 16.2. The summed E-state index contributed by atoms with van der Waals surface area (Å²) in [5.41, 5.74) is 7.08. The first kappa shape index (κ1) is 24.7. The maximum atomic E-state index is 13.2. The van der Waals surface area contributed by atoms with Gasteiger partial charge in [-0.15, -0.1) is 0 Å². The summed E-state index contributed by atoms with van der Waals surface area (Å²) in [6.45, 7) is 2.31. The lowest BCUT2D eigenvalue weighted by Crippen LogP contribution is -2.45. The molecule has 1 amide bonds. The maximum absolute atomic E-state index is 13.2. The van der Waals surface area contributed by atoms with Crippen molar-refractivity contribution in [3.63, 3.8) is 0 Å². The van der Waals surface area contributed by atoms with E-state index in [9.17, 15) is 19.2 Å². The number of amides is 1. The number of rotatable bonds is 9. The Kier molecular flexibility index (Phi) is 7.80. The van der Waals surface area contributed by atoms with E-state index < -0.39 is 17.0 Å². The van der Waals surface area contributed by atoms with Crippen molar-refractivity contribution in [2.45, 2.75) is 26.6 Å². The number of carbonyl (C=O) groups excluding carboxylic acids is 2. The summed E-state index contributed by atoms with van der Waals surface area (Å²) in [5.74, 6) is -0.767. The average Bonchev–Trinajstić information content (AvgIpc) is 2.82. The first-order chi connectivity index (χ1) is 16.3. The number of likely N-dealkylation sites (N-methyl/N-ethyl adjacent to an activating group) is 1. The summed E-state index contributed by atoms with van der Waals surface area (Å²) >= 11 is 0.